The maximum absolute atomic E-state index is 12.3. The zero-order valence-electron chi connectivity index (χ0n) is 13.8. The third-order valence-electron chi connectivity index (χ3n) is 3.57. The topological polar surface area (TPSA) is 90.4 Å². The lowest BCUT2D eigenvalue weighted by Gasteiger charge is -2.12. The Morgan fingerprint density at radius 2 is 2.13 bits per heavy atom. The molecule has 1 aromatic carbocycles. The Morgan fingerprint density at radius 1 is 1.39 bits per heavy atom. The predicted octanol–water partition coefficient (Wildman–Crippen LogP) is 2.34. The number of ether oxygens (including phenoxy) is 1. The Hall–Kier alpha value is -2.34. The van der Waals surface area contributed by atoms with Gasteiger partial charge in [-0.25, -0.2) is 0 Å². The van der Waals surface area contributed by atoms with Crippen LogP contribution in [0.5, 0.6) is 5.75 Å². The SMILES string of the molecule is Cc1noc(C)c1COc1ccccc1C(=O)NCCC(C)N. The molecule has 0 fully saturated rings. The average Bonchev–Trinajstić information content (AvgIpc) is 2.84. The summed E-state index contributed by atoms with van der Waals surface area (Å²) >= 11 is 0. The molecule has 2 rings (SSSR count). The van der Waals surface area contributed by atoms with Crippen molar-refractivity contribution < 1.29 is 14.1 Å². The van der Waals surface area contributed by atoms with E-state index in [0.29, 0.717) is 24.5 Å². The van der Waals surface area contributed by atoms with Crippen LogP contribution in [0.4, 0.5) is 0 Å². The second kappa shape index (κ2) is 7.78. The molecule has 6 nitrogen and oxygen atoms in total. The zero-order chi connectivity index (χ0) is 16.8. The van der Waals surface area contributed by atoms with E-state index in [1.807, 2.05) is 32.9 Å². The first-order valence-electron chi connectivity index (χ1n) is 7.66. The Bertz CT molecular complexity index is 645. The van der Waals surface area contributed by atoms with Gasteiger partial charge in [-0.1, -0.05) is 17.3 Å². The van der Waals surface area contributed by atoms with E-state index in [1.165, 1.54) is 0 Å². The van der Waals surface area contributed by atoms with Gasteiger partial charge in [0.1, 0.15) is 18.1 Å². The molecule has 0 bridgehead atoms. The first-order valence-corrected chi connectivity index (χ1v) is 7.66. The molecule has 2 aromatic rings. The molecule has 0 spiro atoms. The number of amides is 1. The molecular weight excluding hydrogens is 294 g/mol. The number of nitrogens with zero attached hydrogens (tertiary/aromatic N) is 1. The number of rotatable bonds is 7. The van der Waals surface area contributed by atoms with Crippen molar-refractivity contribution in [3.63, 3.8) is 0 Å². The fraction of sp³-hybridized carbons (Fsp3) is 0.412. The Balaban J connectivity index is 2.04. The van der Waals surface area contributed by atoms with Crippen LogP contribution in [0.15, 0.2) is 28.8 Å². The molecule has 124 valence electrons. The quantitative estimate of drug-likeness (QED) is 0.818. The van der Waals surface area contributed by atoms with Crippen LogP contribution in [0.25, 0.3) is 0 Å². The second-order valence-electron chi connectivity index (χ2n) is 5.61. The molecule has 0 radical (unpaired) electrons. The van der Waals surface area contributed by atoms with Crippen molar-refractivity contribution >= 4 is 5.91 Å². The molecule has 0 aliphatic heterocycles. The summed E-state index contributed by atoms with van der Waals surface area (Å²) in [6.45, 7) is 6.46. The number of nitrogens with two attached hydrogens (primary N) is 1. The Morgan fingerprint density at radius 3 is 2.78 bits per heavy atom. The Kier molecular flexibility index (Phi) is 5.76. The molecule has 6 heteroatoms. The van der Waals surface area contributed by atoms with Crippen molar-refractivity contribution in [1.29, 1.82) is 0 Å². The molecule has 1 unspecified atom stereocenters. The van der Waals surface area contributed by atoms with Crippen LogP contribution in [-0.2, 0) is 6.61 Å². The van der Waals surface area contributed by atoms with Gasteiger partial charge in [0, 0.05) is 12.6 Å². The molecule has 0 aliphatic carbocycles. The van der Waals surface area contributed by atoms with Gasteiger partial charge in [0.25, 0.3) is 5.91 Å². The van der Waals surface area contributed by atoms with Gasteiger partial charge in [0.15, 0.2) is 0 Å². The van der Waals surface area contributed by atoms with Crippen molar-refractivity contribution in [3.8, 4) is 5.75 Å². The standard InChI is InChI=1S/C17H23N3O3/c1-11(18)8-9-19-17(21)14-6-4-5-7-16(14)22-10-15-12(2)20-23-13(15)3/h4-7,11H,8-10,18H2,1-3H3,(H,19,21). The van der Waals surface area contributed by atoms with Gasteiger partial charge < -0.3 is 20.3 Å². The van der Waals surface area contributed by atoms with Gasteiger partial charge in [-0.2, -0.15) is 0 Å². The normalized spacial score (nSPS) is 12.0. The van der Waals surface area contributed by atoms with Crippen LogP contribution < -0.4 is 15.8 Å². The fourth-order valence-corrected chi connectivity index (χ4v) is 2.15. The molecule has 0 saturated carbocycles. The summed E-state index contributed by atoms with van der Waals surface area (Å²) in [6.07, 6.45) is 0.730. The van der Waals surface area contributed by atoms with Gasteiger partial charge in [-0.3, -0.25) is 4.79 Å². The third-order valence-corrected chi connectivity index (χ3v) is 3.57. The van der Waals surface area contributed by atoms with Crippen LogP contribution in [0.2, 0.25) is 0 Å². The summed E-state index contributed by atoms with van der Waals surface area (Å²) in [5, 5.41) is 6.75. The van der Waals surface area contributed by atoms with Crippen LogP contribution in [-0.4, -0.2) is 23.7 Å². The number of carbonyl (C=O) groups is 1. The van der Waals surface area contributed by atoms with Crippen LogP contribution in [0.1, 0.15) is 40.7 Å². The number of aryl methyl sites for hydroxylation is 2. The molecule has 3 N–H and O–H groups in total. The van der Waals surface area contributed by atoms with Crippen LogP contribution >= 0.6 is 0 Å². The maximum atomic E-state index is 12.3. The van der Waals surface area contributed by atoms with Crippen molar-refractivity contribution in [3.05, 3.63) is 46.8 Å². The third kappa shape index (κ3) is 4.56. The number of para-hydroxylation sites is 1. The van der Waals surface area contributed by atoms with Gasteiger partial charge in [-0.05, 0) is 39.3 Å². The summed E-state index contributed by atoms with van der Waals surface area (Å²) in [5.74, 6) is 1.09. The summed E-state index contributed by atoms with van der Waals surface area (Å²) < 4.78 is 10.9. The molecule has 1 amide bonds. The smallest absolute Gasteiger partial charge is 0.255 e. The average molecular weight is 317 g/mol. The first kappa shape index (κ1) is 17.0. The summed E-state index contributed by atoms with van der Waals surface area (Å²) in [7, 11) is 0. The van der Waals surface area contributed by atoms with E-state index in [0.717, 1.165) is 23.4 Å². The Labute approximate surface area is 136 Å². The lowest BCUT2D eigenvalue weighted by atomic mass is 10.1. The van der Waals surface area contributed by atoms with E-state index in [1.54, 1.807) is 12.1 Å². The molecule has 1 atom stereocenters. The van der Waals surface area contributed by atoms with E-state index < -0.39 is 0 Å². The molecule has 1 aromatic heterocycles. The lowest BCUT2D eigenvalue weighted by Crippen LogP contribution is -2.29. The van der Waals surface area contributed by atoms with Crippen molar-refractivity contribution in [2.45, 2.75) is 39.8 Å². The minimum Gasteiger partial charge on any atom is -0.488 e. The number of benzene rings is 1. The van der Waals surface area contributed by atoms with E-state index in [9.17, 15) is 4.79 Å². The van der Waals surface area contributed by atoms with Crippen molar-refractivity contribution in [2.24, 2.45) is 5.73 Å². The fourth-order valence-electron chi connectivity index (χ4n) is 2.15. The largest absolute Gasteiger partial charge is 0.488 e. The van der Waals surface area contributed by atoms with Crippen LogP contribution in [0, 0.1) is 13.8 Å². The zero-order valence-corrected chi connectivity index (χ0v) is 13.8. The summed E-state index contributed by atoms with van der Waals surface area (Å²) in [6, 6.07) is 7.22. The minimum absolute atomic E-state index is 0.0568. The van der Waals surface area contributed by atoms with Crippen molar-refractivity contribution in [2.75, 3.05) is 6.54 Å². The van der Waals surface area contributed by atoms with Crippen LogP contribution in [0.3, 0.4) is 0 Å². The molecule has 23 heavy (non-hydrogen) atoms. The highest BCUT2D eigenvalue weighted by molar-refractivity contribution is 5.96. The van der Waals surface area contributed by atoms with E-state index in [-0.39, 0.29) is 11.9 Å². The van der Waals surface area contributed by atoms with Gasteiger partial charge >= 0.3 is 0 Å². The van der Waals surface area contributed by atoms with E-state index in [2.05, 4.69) is 10.5 Å². The number of nitrogens with one attached hydrogen (secondary N) is 1. The highest BCUT2D eigenvalue weighted by Gasteiger charge is 2.14. The summed E-state index contributed by atoms with van der Waals surface area (Å²) in [4.78, 5) is 12.3. The number of hydrogen-bond donors (Lipinski definition) is 2. The molecule has 1 heterocycles. The first-order chi connectivity index (χ1) is 11.0. The van der Waals surface area contributed by atoms with E-state index in [4.69, 9.17) is 15.0 Å². The molecule has 0 aliphatic rings. The van der Waals surface area contributed by atoms with Gasteiger partial charge in [-0.15, -0.1) is 0 Å². The van der Waals surface area contributed by atoms with Crippen molar-refractivity contribution in [1.82, 2.24) is 10.5 Å². The highest BCUT2D eigenvalue weighted by Crippen LogP contribution is 2.21. The maximum Gasteiger partial charge on any atom is 0.255 e. The number of aromatic nitrogens is 1. The number of carbonyl (C=O) groups excluding carboxylic acids is 1. The minimum atomic E-state index is -0.167. The highest BCUT2D eigenvalue weighted by atomic mass is 16.5. The molecule has 0 saturated heterocycles. The predicted molar refractivity (Wildman–Crippen MR) is 87.4 cm³/mol. The lowest BCUT2D eigenvalue weighted by molar-refractivity contribution is 0.0948. The number of hydrogen-bond acceptors (Lipinski definition) is 5. The monoisotopic (exact) mass is 317 g/mol. The van der Waals surface area contributed by atoms with E-state index >= 15 is 0 Å². The molecular formula is C17H23N3O3. The van der Waals surface area contributed by atoms with Gasteiger partial charge in [0.05, 0.1) is 16.8 Å². The van der Waals surface area contributed by atoms with Gasteiger partial charge in [0.2, 0.25) is 0 Å². The summed E-state index contributed by atoms with van der Waals surface area (Å²) in [5.41, 5.74) is 7.88. The second-order valence-corrected chi connectivity index (χ2v) is 5.61.